The number of hydrogen-bond donors (Lipinski definition) is 4. The predicted molar refractivity (Wildman–Crippen MR) is 69.9 cm³/mol. The highest BCUT2D eigenvalue weighted by Crippen LogP contribution is 1.96. The van der Waals surface area contributed by atoms with Crippen molar-refractivity contribution in [3.05, 3.63) is 0 Å². The second kappa shape index (κ2) is 8.93. The number of nitrogens with one attached hydrogen (secondary N) is 4. The highest BCUT2D eigenvalue weighted by molar-refractivity contribution is 4.71. The fourth-order valence-electron chi connectivity index (χ4n) is 2.10. The van der Waals surface area contributed by atoms with Gasteiger partial charge in [0.1, 0.15) is 0 Å². The van der Waals surface area contributed by atoms with Crippen LogP contribution in [0.4, 0.5) is 0 Å². The van der Waals surface area contributed by atoms with E-state index in [0.29, 0.717) is 12.1 Å². The van der Waals surface area contributed by atoms with Crippen LogP contribution in [0.1, 0.15) is 26.7 Å². The highest BCUT2D eigenvalue weighted by Gasteiger charge is 2.07. The third-order valence-corrected chi connectivity index (χ3v) is 3.00. The third kappa shape index (κ3) is 7.17. The first kappa shape index (κ1) is 13.9. The van der Waals surface area contributed by atoms with Crippen LogP contribution < -0.4 is 21.3 Å². The van der Waals surface area contributed by atoms with E-state index in [2.05, 4.69) is 35.1 Å². The van der Waals surface area contributed by atoms with Crippen molar-refractivity contribution in [2.24, 2.45) is 0 Å². The van der Waals surface area contributed by atoms with Crippen molar-refractivity contribution in [2.45, 2.75) is 38.8 Å². The Morgan fingerprint density at radius 2 is 1.19 bits per heavy atom. The van der Waals surface area contributed by atoms with E-state index in [0.717, 1.165) is 39.3 Å². The van der Waals surface area contributed by atoms with Crippen molar-refractivity contribution in [3.8, 4) is 0 Å². The quantitative estimate of drug-likeness (QED) is 0.468. The molecule has 4 heteroatoms. The average molecular weight is 228 g/mol. The molecule has 1 aliphatic heterocycles. The van der Waals surface area contributed by atoms with Gasteiger partial charge in [-0.1, -0.05) is 0 Å². The van der Waals surface area contributed by atoms with Gasteiger partial charge < -0.3 is 21.3 Å². The Morgan fingerprint density at radius 3 is 1.69 bits per heavy atom. The van der Waals surface area contributed by atoms with E-state index in [4.69, 9.17) is 0 Å². The first-order valence-corrected chi connectivity index (χ1v) is 6.67. The van der Waals surface area contributed by atoms with Crippen molar-refractivity contribution in [3.63, 3.8) is 0 Å². The van der Waals surface area contributed by atoms with E-state index in [1.54, 1.807) is 0 Å². The lowest BCUT2D eigenvalue weighted by atomic mass is 10.1. The van der Waals surface area contributed by atoms with Crippen molar-refractivity contribution in [1.29, 1.82) is 0 Å². The van der Waals surface area contributed by atoms with Gasteiger partial charge in [-0.25, -0.2) is 0 Å². The van der Waals surface area contributed by atoms with Crippen LogP contribution in [0.3, 0.4) is 0 Å². The molecule has 0 amide bonds. The predicted octanol–water partition coefficient (Wildman–Crippen LogP) is -0.0844. The van der Waals surface area contributed by atoms with E-state index in [9.17, 15) is 0 Å². The first-order chi connectivity index (χ1) is 7.79. The van der Waals surface area contributed by atoms with Gasteiger partial charge in [-0.05, 0) is 39.8 Å². The van der Waals surface area contributed by atoms with Gasteiger partial charge in [-0.15, -0.1) is 0 Å². The molecule has 1 heterocycles. The molecular weight excluding hydrogens is 200 g/mol. The Morgan fingerprint density at radius 1 is 0.688 bits per heavy atom. The van der Waals surface area contributed by atoms with Crippen LogP contribution in [-0.2, 0) is 0 Å². The summed E-state index contributed by atoms with van der Waals surface area (Å²) in [7, 11) is 0. The minimum absolute atomic E-state index is 0.597. The molecule has 4 N–H and O–H groups in total. The van der Waals surface area contributed by atoms with Crippen LogP contribution in [0.2, 0.25) is 0 Å². The average Bonchev–Trinajstić information content (AvgIpc) is 2.25. The molecule has 0 aromatic rings. The molecule has 16 heavy (non-hydrogen) atoms. The van der Waals surface area contributed by atoms with Crippen LogP contribution in [-0.4, -0.2) is 51.4 Å². The first-order valence-electron chi connectivity index (χ1n) is 6.67. The van der Waals surface area contributed by atoms with E-state index in [1.807, 2.05) is 0 Å². The Labute approximate surface area is 99.9 Å². The molecule has 1 saturated heterocycles. The maximum atomic E-state index is 3.55. The van der Waals surface area contributed by atoms with Gasteiger partial charge in [0.15, 0.2) is 0 Å². The van der Waals surface area contributed by atoms with Crippen LogP contribution >= 0.6 is 0 Å². The summed E-state index contributed by atoms with van der Waals surface area (Å²) in [6.07, 6.45) is 2.41. The summed E-state index contributed by atoms with van der Waals surface area (Å²) in [5.74, 6) is 0. The molecule has 1 rings (SSSR count). The summed E-state index contributed by atoms with van der Waals surface area (Å²) in [6.45, 7) is 11.1. The molecule has 0 aromatic heterocycles. The third-order valence-electron chi connectivity index (χ3n) is 3.00. The molecule has 0 saturated carbocycles. The molecule has 1 fully saturated rings. The van der Waals surface area contributed by atoms with Gasteiger partial charge in [-0.2, -0.15) is 0 Å². The number of rotatable bonds is 0. The van der Waals surface area contributed by atoms with Gasteiger partial charge in [0.25, 0.3) is 0 Å². The molecule has 0 bridgehead atoms. The van der Waals surface area contributed by atoms with E-state index in [-0.39, 0.29) is 0 Å². The zero-order valence-electron chi connectivity index (χ0n) is 10.8. The summed E-state index contributed by atoms with van der Waals surface area (Å²) < 4.78 is 0. The molecule has 1 aliphatic rings. The van der Waals surface area contributed by atoms with Gasteiger partial charge in [-0.3, -0.25) is 0 Å². The zero-order chi connectivity index (χ0) is 11.6. The second-order valence-electron chi connectivity index (χ2n) is 4.80. The van der Waals surface area contributed by atoms with E-state index < -0.39 is 0 Å². The Bertz CT molecular complexity index is 147. The minimum atomic E-state index is 0.597. The zero-order valence-corrected chi connectivity index (χ0v) is 10.8. The molecule has 2 atom stereocenters. The van der Waals surface area contributed by atoms with Crippen molar-refractivity contribution >= 4 is 0 Å². The summed E-state index contributed by atoms with van der Waals surface area (Å²) in [4.78, 5) is 0. The standard InChI is InChI=1S/C12H28N4/c1-11-10-12(2)16-9-7-14-5-3-4-13-6-8-15-11/h11-16H,3-10H2,1-2H3/t11-,12?/m1/s1. The van der Waals surface area contributed by atoms with Gasteiger partial charge in [0.05, 0.1) is 0 Å². The molecular formula is C12H28N4. The molecule has 4 nitrogen and oxygen atoms in total. The van der Waals surface area contributed by atoms with Crippen LogP contribution in [0, 0.1) is 0 Å². The van der Waals surface area contributed by atoms with Gasteiger partial charge in [0, 0.05) is 38.3 Å². The maximum absolute atomic E-state index is 3.55. The molecule has 1 unspecified atom stereocenters. The lowest BCUT2D eigenvalue weighted by molar-refractivity contribution is 0.416. The molecule has 0 aliphatic carbocycles. The fraction of sp³-hybridized carbons (Fsp3) is 1.00. The summed E-state index contributed by atoms with van der Waals surface area (Å²) in [5.41, 5.74) is 0. The molecule has 0 aromatic carbocycles. The van der Waals surface area contributed by atoms with Gasteiger partial charge >= 0.3 is 0 Å². The normalized spacial score (nSPS) is 31.9. The van der Waals surface area contributed by atoms with E-state index >= 15 is 0 Å². The van der Waals surface area contributed by atoms with E-state index in [1.165, 1.54) is 12.8 Å². The maximum Gasteiger partial charge on any atom is 0.00792 e. The van der Waals surface area contributed by atoms with Crippen LogP contribution in [0.15, 0.2) is 0 Å². The molecule has 0 radical (unpaired) electrons. The van der Waals surface area contributed by atoms with Crippen molar-refractivity contribution in [2.75, 3.05) is 39.3 Å². The van der Waals surface area contributed by atoms with Crippen LogP contribution in [0.25, 0.3) is 0 Å². The molecule has 0 spiro atoms. The summed E-state index contributed by atoms with van der Waals surface area (Å²) in [5, 5.41) is 14.0. The fourth-order valence-corrected chi connectivity index (χ4v) is 2.10. The lowest BCUT2D eigenvalue weighted by Crippen LogP contribution is -2.41. The van der Waals surface area contributed by atoms with Crippen molar-refractivity contribution < 1.29 is 0 Å². The van der Waals surface area contributed by atoms with Crippen LogP contribution in [0.5, 0.6) is 0 Å². The summed E-state index contributed by atoms with van der Waals surface area (Å²) in [6, 6.07) is 1.19. The monoisotopic (exact) mass is 228 g/mol. The smallest absolute Gasteiger partial charge is 0.00792 e. The largest absolute Gasteiger partial charge is 0.315 e. The molecule has 96 valence electrons. The highest BCUT2D eigenvalue weighted by atomic mass is 15.0. The topological polar surface area (TPSA) is 48.1 Å². The summed E-state index contributed by atoms with van der Waals surface area (Å²) >= 11 is 0. The lowest BCUT2D eigenvalue weighted by Gasteiger charge is -2.20. The Kier molecular flexibility index (Phi) is 7.76. The Hall–Kier alpha value is -0.160. The second-order valence-corrected chi connectivity index (χ2v) is 4.80. The van der Waals surface area contributed by atoms with Gasteiger partial charge in [0.2, 0.25) is 0 Å². The SMILES string of the molecule is CC1C[C@@H](C)NCCNCCCNCCN1. The van der Waals surface area contributed by atoms with Crippen molar-refractivity contribution in [1.82, 2.24) is 21.3 Å². The Balaban J connectivity index is 2.21. The minimum Gasteiger partial charge on any atom is -0.315 e. The number of hydrogen-bond acceptors (Lipinski definition) is 4.